The van der Waals surface area contributed by atoms with Crippen LogP contribution in [-0.4, -0.2) is 31.6 Å². The summed E-state index contributed by atoms with van der Waals surface area (Å²) >= 11 is 0. The minimum absolute atomic E-state index is 0.602. The molecular formula is C10H22N2. The molecule has 0 saturated heterocycles. The smallest absolute Gasteiger partial charge is 0.0199 e. The average molecular weight is 170 g/mol. The molecule has 0 aliphatic carbocycles. The molecule has 0 rings (SSSR count). The third kappa shape index (κ3) is 5.33. The maximum atomic E-state index is 5.46. The zero-order valence-corrected chi connectivity index (χ0v) is 8.64. The molecule has 1 atom stereocenters. The molecule has 0 aromatic carbocycles. The standard InChI is InChI=1S/C10H22N2/c1-5-9(2)7-12(4)8-10(3)6-11/h9H,3,5-8,11H2,1-2,4H3. The second-order valence-electron chi connectivity index (χ2n) is 3.66. The Balaban J connectivity index is 3.58. The van der Waals surface area contributed by atoms with Gasteiger partial charge in [0.15, 0.2) is 0 Å². The second-order valence-corrected chi connectivity index (χ2v) is 3.66. The first kappa shape index (κ1) is 11.7. The summed E-state index contributed by atoms with van der Waals surface area (Å²) in [5.74, 6) is 0.764. The maximum absolute atomic E-state index is 5.46. The molecule has 0 spiro atoms. The van der Waals surface area contributed by atoms with Crippen molar-refractivity contribution in [3.8, 4) is 0 Å². The molecule has 72 valence electrons. The van der Waals surface area contributed by atoms with Crippen LogP contribution in [0.15, 0.2) is 12.2 Å². The van der Waals surface area contributed by atoms with Crippen LogP contribution < -0.4 is 5.73 Å². The fourth-order valence-corrected chi connectivity index (χ4v) is 1.17. The second kappa shape index (κ2) is 6.21. The Labute approximate surface area is 76.4 Å². The minimum Gasteiger partial charge on any atom is -0.327 e. The molecule has 0 aliphatic rings. The zero-order valence-electron chi connectivity index (χ0n) is 8.64. The van der Waals surface area contributed by atoms with E-state index in [2.05, 4.69) is 32.4 Å². The van der Waals surface area contributed by atoms with E-state index in [9.17, 15) is 0 Å². The van der Waals surface area contributed by atoms with Gasteiger partial charge >= 0.3 is 0 Å². The van der Waals surface area contributed by atoms with Gasteiger partial charge in [-0.15, -0.1) is 0 Å². The van der Waals surface area contributed by atoms with Crippen LogP contribution in [0.3, 0.4) is 0 Å². The normalized spacial score (nSPS) is 13.4. The van der Waals surface area contributed by atoms with Crippen LogP contribution in [0.2, 0.25) is 0 Å². The van der Waals surface area contributed by atoms with Crippen molar-refractivity contribution in [1.82, 2.24) is 4.90 Å². The number of hydrogen-bond donors (Lipinski definition) is 1. The minimum atomic E-state index is 0.602. The lowest BCUT2D eigenvalue weighted by Gasteiger charge is -2.20. The first-order valence-electron chi connectivity index (χ1n) is 4.65. The van der Waals surface area contributed by atoms with Crippen molar-refractivity contribution in [2.24, 2.45) is 11.7 Å². The zero-order chi connectivity index (χ0) is 9.56. The maximum Gasteiger partial charge on any atom is 0.0199 e. The Morgan fingerprint density at radius 3 is 2.58 bits per heavy atom. The SMILES string of the molecule is C=C(CN)CN(C)CC(C)CC. The van der Waals surface area contributed by atoms with E-state index < -0.39 is 0 Å². The van der Waals surface area contributed by atoms with Crippen molar-refractivity contribution in [3.05, 3.63) is 12.2 Å². The Hall–Kier alpha value is -0.340. The van der Waals surface area contributed by atoms with E-state index in [1.165, 1.54) is 6.42 Å². The molecule has 0 heterocycles. The molecule has 0 aliphatic heterocycles. The highest BCUT2D eigenvalue weighted by Crippen LogP contribution is 2.03. The van der Waals surface area contributed by atoms with Gasteiger partial charge in [0.2, 0.25) is 0 Å². The fourth-order valence-electron chi connectivity index (χ4n) is 1.17. The van der Waals surface area contributed by atoms with Crippen molar-refractivity contribution in [2.45, 2.75) is 20.3 Å². The molecule has 0 aromatic rings. The van der Waals surface area contributed by atoms with E-state index in [4.69, 9.17) is 5.73 Å². The molecule has 2 N–H and O–H groups in total. The van der Waals surface area contributed by atoms with Crippen molar-refractivity contribution in [1.29, 1.82) is 0 Å². The summed E-state index contributed by atoms with van der Waals surface area (Å²) in [5.41, 5.74) is 6.57. The largest absolute Gasteiger partial charge is 0.327 e. The van der Waals surface area contributed by atoms with Gasteiger partial charge in [-0.05, 0) is 18.5 Å². The van der Waals surface area contributed by atoms with Crippen LogP contribution in [0.5, 0.6) is 0 Å². The molecule has 12 heavy (non-hydrogen) atoms. The lowest BCUT2D eigenvalue weighted by Crippen LogP contribution is -2.27. The van der Waals surface area contributed by atoms with Crippen LogP contribution in [0.4, 0.5) is 0 Å². The lowest BCUT2D eigenvalue weighted by molar-refractivity contribution is 0.301. The third-order valence-corrected chi connectivity index (χ3v) is 2.10. The predicted octanol–water partition coefficient (Wildman–Crippen LogP) is 1.48. The first-order valence-corrected chi connectivity index (χ1v) is 4.65. The highest BCUT2D eigenvalue weighted by molar-refractivity contribution is 4.98. The van der Waals surface area contributed by atoms with Gasteiger partial charge in [-0.3, -0.25) is 0 Å². The van der Waals surface area contributed by atoms with Gasteiger partial charge in [0.05, 0.1) is 0 Å². The number of likely N-dealkylation sites (N-methyl/N-ethyl adjacent to an activating group) is 1. The summed E-state index contributed by atoms with van der Waals surface area (Å²) in [6, 6.07) is 0. The molecule has 0 amide bonds. The Bertz CT molecular complexity index is 132. The van der Waals surface area contributed by atoms with Crippen molar-refractivity contribution >= 4 is 0 Å². The van der Waals surface area contributed by atoms with Crippen LogP contribution in [0, 0.1) is 5.92 Å². The van der Waals surface area contributed by atoms with Crippen molar-refractivity contribution < 1.29 is 0 Å². The van der Waals surface area contributed by atoms with Gasteiger partial charge in [-0.1, -0.05) is 26.8 Å². The summed E-state index contributed by atoms with van der Waals surface area (Å²) in [6.07, 6.45) is 1.24. The van der Waals surface area contributed by atoms with Crippen molar-refractivity contribution in [2.75, 3.05) is 26.7 Å². The topological polar surface area (TPSA) is 29.3 Å². The van der Waals surface area contributed by atoms with Crippen molar-refractivity contribution in [3.63, 3.8) is 0 Å². The van der Waals surface area contributed by atoms with Crippen LogP contribution in [0.25, 0.3) is 0 Å². The highest BCUT2D eigenvalue weighted by Gasteiger charge is 2.04. The summed E-state index contributed by atoms with van der Waals surface area (Å²) < 4.78 is 0. The lowest BCUT2D eigenvalue weighted by atomic mass is 10.1. The summed E-state index contributed by atoms with van der Waals surface area (Å²) in [6.45, 7) is 11.0. The van der Waals surface area contributed by atoms with Gasteiger partial charge in [0, 0.05) is 19.6 Å². The van der Waals surface area contributed by atoms with Gasteiger partial charge in [-0.2, -0.15) is 0 Å². The monoisotopic (exact) mass is 170 g/mol. The van der Waals surface area contributed by atoms with E-state index >= 15 is 0 Å². The molecule has 2 nitrogen and oxygen atoms in total. The van der Waals surface area contributed by atoms with E-state index in [1.807, 2.05) is 0 Å². The van der Waals surface area contributed by atoms with Gasteiger partial charge in [0.25, 0.3) is 0 Å². The molecule has 0 radical (unpaired) electrons. The van der Waals surface area contributed by atoms with Crippen LogP contribution in [0.1, 0.15) is 20.3 Å². The predicted molar refractivity (Wildman–Crippen MR) is 55.1 cm³/mol. The summed E-state index contributed by atoms with van der Waals surface area (Å²) in [5, 5.41) is 0. The third-order valence-electron chi connectivity index (χ3n) is 2.10. The average Bonchev–Trinajstić information content (AvgIpc) is 2.03. The van der Waals surface area contributed by atoms with Crippen LogP contribution >= 0.6 is 0 Å². The summed E-state index contributed by atoms with van der Waals surface area (Å²) in [7, 11) is 2.12. The first-order chi connectivity index (χ1) is 5.60. The van der Waals surface area contributed by atoms with E-state index in [-0.39, 0.29) is 0 Å². The molecule has 1 unspecified atom stereocenters. The van der Waals surface area contributed by atoms with Gasteiger partial charge in [0.1, 0.15) is 0 Å². The van der Waals surface area contributed by atoms with Crippen LogP contribution in [-0.2, 0) is 0 Å². The Kier molecular flexibility index (Phi) is 6.03. The number of hydrogen-bond acceptors (Lipinski definition) is 2. The molecule has 0 aromatic heterocycles. The number of nitrogens with zero attached hydrogens (tertiary/aromatic N) is 1. The molecule has 0 bridgehead atoms. The van der Waals surface area contributed by atoms with Gasteiger partial charge in [-0.25, -0.2) is 0 Å². The fraction of sp³-hybridized carbons (Fsp3) is 0.800. The molecule has 2 heteroatoms. The quantitative estimate of drug-likeness (QED) is 0.612. The van der Waals surface area contributed by atoms with E-state index in [0.717, 1.165) is 24.6 Å². The Morgan fingerprint density at radius 1 is 1.58 bits per heavy atom. The highest BCUT2D eigenvalue weighted by atomic mass is 15.1. The number of nitrogens with two attached hydrogens (primary N) is 1. The summed E-state index contributed by atoms with van der Waals surface area (Å²) in [4.78, 5) is 2.28. The Morgan fingerprint density at radius 2 is 2.17 bits per heavy atom. The van der Waals surface area contributed by atoms with E-state index in [0.29, 0.717) is 6.54 Å². The van der Waals surface area contributed by atoms with Gasteiger partial charge < -0.3 is 10.6 Å². The van der Waals surface area contributed by atoms with E-state index in [1.54, 1.807) is 0 Å². The molecule has 0 saturated carbocycles. The molecular weight excluding hydrogens is 148 g/mol. The molecule has 0 fully saturated rings. The number of rotatable bonds is 6.